The van der Waals surface area contributed by atoms with Crippen LogP contribution in [0.3, 0.4) is 0 Å². The average molecular weight is 274 g/mol. The van der Waals surface area contributed by atoms with Crippen molar-refractivity contribution in [1.82, 2.24) is 4.90 Å². The summed E-state index contributed by atoms with van der Waals surface area (Å²) in [7, 11) is 3.96. The van der Waals surface area contributed by atoms with Crippen molar-refractivity contribution < 1.29 is 4.79 Å². The van der Waals surface area contributed by atoms with Gasteiger partial charge in [0.15, 0.2) is 5.78 Å². The van der Waals surface area contributed by atoms with E-state index < -0.39 is 0 Å². The van der Waals surface area contributed by atoms with E-state index in [0.29, 0.717) is 6.42 Å². The molecule has 1 heterocycles. The third-order valence-corrected chi connectivity index (χ3v) is 4.74. The number of carbonyl (C=O) groups excluding carboxylic acids is 1. The zero-order chi connectivity index (χ0) is 13.1. The Bertz CT molecular complexity index is 383. The number of hydrogen-bond acceptors (Lipinski definition) is 3. The Kier molecular flexibility index (Phi) is 5.17. The maximum Gasteiger partial charge on any atom is 0.158 e. The first-order chi connectivity index (χ1) is 7.96. The van der Waals surface area contributed by atoms with Gasteiger partial charge in [-0.15, -0.1) is 11.3 Å². The second kappa shape index (κ2) is 5.98. The third kappa shape index (κ3) is 3.09. The van der Waals surface area contributed by atoms with Gasteiger partial charge < -0.3 is 0 Å². The molecule has 0 aromatic carbocycles. The Hall–Kier alpha value is -0.380. The molecule has 1 aromatic rings. The second-order valence-electron chi connectivity index (χ2n) is 4.44. The molecular weight excluding hydrogens is 254 g/mol. The van der Waals surface area contributed by atoms with E-state index in [1.807, 2.05) is 31.1 Å². The highest BCUT2D eigenvalue weighted by atomic mass is 35.5. The Labute approximate surface area is 113 Å². The minimum absolute atomic E-state index is 0.283. The van der Waals surface area contributed by atoms with Gasteiger partial charge in [-0.05, 0) is 39.1 Å². The van der Waals surface area contributed by atoms with Crippen molar-refractivity contribution in [3.05, 3.63) is 21.3 Å². The van der Waals surface area contributed by atoms with Crippen LogP contribution >= 0.6 is 22.9 Å². The Balaban J connectivity index is 2.86. The summed E-state index contributed by atoms with van der Waals surface area (Å²) in [5.74, 6) is 0.283. The number of hydrogen-bond donors (Lipinski definition) is 0. The predicted octanol–water partition coefficient (Wildman–Crippen LogP) is 3.63. The summed E-state index contributed by atoms with van der Waals surface area (Å²) in [5, 5.41) is 0. The van der Waals surface area contributed by atoms with E-state index in [0.717, 1.165) is 22.1 Å². The maximum absolute atomic E-state index is 12.5. The van der Waals surface area contributed by atoms with E-state index in [2.05, 4.69) is 13.8 Å². The quantitative estimate of drug-likeness (QED) is 0.789. The number of carbonyl (C=O) groups is 1. The van der Waals surface area contributed by atoms with Crippen molar-refractivity contribution in [2.45, 2.75) is 38.6 Å². The normalized spacial score (nSPS) is 12.1. The van der Waals surface area contributed by atoms with Gasteiger partial charge in [-0.25, -0.2) is 0 Å². The summed E-state index contributed by atoms with van der Waals surface area (Å²) in [6.07, 6.45) is 2.17. The molecule has 0 aliphatic heterocycles. The van der Waals surface area contributed by atoms with Crippen LogP contribution in [0.4, 0.5) is 0 Å². The molecule has 1 aromatic heterocycles. The van der Waals surface area contributed by atoms with Crippen LogP contribution in [0.1, 0.15) is 31.6 Å². The lowest BCUT2D eigenvalue weighted by atomic mass is 9.85. The maximum atomic E-state index is 12.5. The first-order valence-electron chi connectivity index (χ1n) is 5.91. The molecular formula is C13H20ClNOS. The summed E-state index contributed by atoms with van der Waals surface area (Å²) in [6.45, 7) is 4.14. The monoisotopic (exact) mass is 273 g/mol. The van der Waals surface area contributed by atoms with E-state index >= 15 is 0 Å². The molecule has 1 rings (SSSR count). The van der Waals surface area contributed by atoms with Crippen molar-refractivity contribution >= 4 is 28.7 Å². The molecule has 0 aliphatic rings. The average Bonchev–Trinajstić information content (AvgIpc) is 2.66. The van der Waals surface area contributed by atoms with Gasteiger partial charge in [0.1, 0.15) is 0 Å². The first-order valence-corrected chi connectivity index (χ1v) is 7.10. The highest BCUT2D eigenvalue weighted by molar-refractivity contribution is 7.16. The molecule has 0 bridgehead atoms. The van der Waals surface area contributed by atoms with Crippen LogP contribution in [0, 0.1) is 0 Å². The largest absolute Gasteiger partial charge is 0.297 e. The molecule has 0 amide bonds. The summed E-state index contributed by atoms with van der Waals surface area (Å²) >= 11 is 7.38. The standard InChI is InChI=1S/C13H20ClNOS/c1-5-13(6-2,15(3)4)11(16)9-10-7-8-12(14)17-10/h7-8H,5-6,9H2,1-4H3. The molecule has 0 unspecified atom stereocenters. The van der Waals surface area contributed by atoms with Crippen LogP contribution in [0.5, 0.6) is 0 Å². The van der Waals surface area contributed by atoms with Gasteiger partial charge in [0.25, 0.3) is 0 Å². The SMILES string of the molecule is CCC(CC)(C(=O)Cc1ccc(Cl)s1)N(C)C. The Morgan fingerprint density at radius 2 is 1.94 bits per heavy atom. The number of ketones is 1. The molecule has 0 radical (unpaired) electrons. The van der Waals surface area contributed by atoms with Gasteiger partial charge in [-0.3, -0.25) is 9.69 Å². The van der Waals surface area contributed by atoms with Gasteiger partial charge in [0, 0.05) is 11.3 Å². The van der Waals surface area contributed by atoms with Crippen LogP contribution in [0.15, 0.2) is 12.1 Å². The van der Waals surface area contributed by atoms with Gasteiger partial charge in [0.2, 0.25) is 0 Å². The van der Waals surface area contributed by atoms with Crippen molar-refractivity contribution in [1.29, 1.82) is 0 Å². The van der Waals surface area contributed by atoms with Crippen molar-refractivity contribution in [2.75, 3.05) is 14.1 Å². The molecule has 2 nitrogen and oxygen atoms in total. The molecule has 4 heteroatoms. The molecule has 0 aliphatic carbocycles. The summed E-state index contributed by atoms with van der Waals surface area (Å²) in [6, 6.07) is 3.79. The van der Waals surface area contributed by atoms with Gasteiger partial charge in [-0.2, -0.15) is 0 Å². The van der Waals surface area contributed by atoms with E-state index in [9.17, 15) is 4.79 Å². The van der Waals surface area contributed by atoms with Gasteiger partial charge in [-0.1, -0.05) is 25.4 Å². The first kappa shape index (κ1) is 14.7. The molecule has 0 saturated heterocycles. The van der Waals surface area contributed by atoms with E-state index in [4.69, 9.17) is 11.6 Å². The van der Waals surface area contributed by atoms with Crippen LogP contribution < -0.4 is 0 Å². The molecule has 0 atom stereocenters. The molecule has 0 spiro atoms. The lowest BCUT2D eigenvalue weighted by Crippen LogP contribution is -2.50. The van der Waals surface area contributed by atoms with Gasteiger partial charge in [0.05, 0.1) is 9.88 Å². The van der Waals surface area contributed by atoms with Crippen molar-refractivity contribution in [3.63, 3.8) is 0 Å². The molecule has 0 fully saturated rings. The molecule has 17 heavy (non-hydrogen) atoms. The van der Waals surface area contributed by atoms with Crippen molar-refractivity contribution in [2.24, 2.45) is 0 Å². The molecule has 0 N–H and O–H groups in total. The van der Waals surface area contributed by atoms with E-state index in [1.165, 1.54) is 11.3 Å². The van der Waals surface area contributed by atoms with Crippen molar-refractivity contribution in [3.8, 4) is 0 Å². The predicted molar refractivity (Wildman–Crippen MR) is 75.0 cm³/mol. The van der Waals surface area contributed by atoms with Crippen LogP contribution in [0.25, 0.3) is 0 Å². The zero-order valence-electron chi connectivity index (χ0n) is 10.9. The highest BCUT2D eigenvalue weighted by Gasteiger charge is 2.36. The van der Waals surface area contributed by atoms with Crippen LogP contribution in [0.2, 0.25) is 4.34 Å². The topological polar surface area (TPSA) is 20.3 Å². The Morgan fingerprint density at radius 3 is 2.29 bits per heavy atom. The fourth-order valence-corrected chi connectivity index (χ4v) is 3.38. The lowest BCUT2D eigenvalue weighted by Gasteiger charge is -2.37. The number of nitrogens with zero attached hydrogens (tertiary/aromatic N) is 1. The number of likely N-dealkylation sites (N-methyl/N-ethyl adjacent to an activating group) is 1. The number of thiophene rings is 1. The number of rotatable bonds is 6. The second-order valence-corrected chi connectivity index (χ2v) is 6.24. The van der Waals surface area contributed by atoms with E-state index in [-0.39, 0.29) is 11.3 Å². The minimum Gasteiger partial charge on any atom is -0.297 e. The van der Waals surface area contributed by atoms with Crippen LogP contribution in [-0.2, 0) is 11.2 Å². The fraction of sp³-hybridized carbons (Fsp3) is 0.615. The van der Waals surface area contributed by atoms with Gasteiger partial charge >= 0.3 is 0 Å². The smallest absolute Gasteiger partial charge is 0.158 e. The zero-order valence-corrected chi connectivity index (χ0v) is 12.5. The highest BCUT2D eigenvalue weighted by Crippen LogP contribution is 2.27. The lowest BCUT2D eigenvalue weighted by molar-refractivity contribution is -0.129. The molecule has 0 saturated carbocycles. The Morgan fingerprint density at radius 1 is 1.35 bits per heavy atom. The third-order valence-electron chi connectivity index (χ3n) is 3.51. The fourth-order valence-electron chi connectivity index (χ4n) is 2.30. The van der Waals surface area contributed by atoms with E-state index in [1.54, 1.807) is 0 Å². The minimum atomic E-state index is -0.337. The van der Waals surface area contributed by atoms with Crippen LogP contribution in [-0.4, -0.2) is 30.3 Å². The number of halogens is 1. The summed E-state index contributed by atoms with van der Waals surface area (Å²) in [4.78, 5) is 15.6. The number of Topliss-reactive ketones (excluding diaryl/α,β-unsaturated/α-hetero) is 1. The summed E-state index contributed by atoms with van der Waals surface area (Å²) < 4.78 is 0.747. The summed E-state index contributed by atoms with van der Waals surface area (Å²) in [5.41, 5.74) is -0.337. The molecule has 96 valence electrons.